The minimum atomic E-state index is -1.62. The van der Waals surface area contributed by atoms with Gasteiger partial charge in [0.15, 0.2) is 12.4 Å². The molecule has 1 heterocycles. The zero-order valence-corrected chi connectivity index (χ0v) is 50.2. The Morgan fingerprint density at radius 2 is 0.949 bits per heavy atom. The molecule has 0 aliphatic carbocycles. The van der Waals surface area contributed by atoms with Gasteiger partial charge in [-0.05, 0) is 96.3 Å². The predicted octanol–water partition coefficient (Wildman–Crippen LogP) is 15.5. The second-order valence-electron chi connectivity index (χ2n) is 21.8. The van der Waals surface area contributed by atoms with Gasteiger partial charge in [-0.25, -0.2) is 0 Å². The first-order valence-electron chi connectivity index (χ1n) is 32.0. The van der Waals surface area contributed by atoms with E-state index < -0.39 is 67.4 Å². The summed E-state index contributed by atoms with van der Waals surface area (Å²) >= 11 is 0. The average molecular weight is 1110 g/mol. The lowest BCUT2D eigenvalue weighted by molar-refractivity contribution is -0.305. The highest BCUT2D eigenvalue weighted by Gasteiger charge is 2.47. The molecule has 0 spiro atoms. The number of aliphatic hydroxyl groups is 5. The number of amides is 1. The number of unbranched alkanes of at least 4 members (excludes halogenated alkanes) is 26. The third-order valence-electron chi connectivity index (χ3n) is 14.5. The van der Waals surface area contributed by atoms with Gasteiger partial charge in [0, 0.05) is 6.42 Å². The molecular formula is C68H117NO10. The molecule has 11 heteroatoms. The van der Waals surface area contributed by atoms with Gasteiger partial charge in [0.25, 0.3) is 0 Å². The summed E-state index contributed by atoms with van der Waals surface area (Å²) < 4.78 is 17.6. The van der Waals surface area contributed by atoms with Gasteiger partial charge >= 0.3 is 5.97 Å². The lowest BCUT2D eigenvalue weighted by atomic mass is 9.99. The van der Waals surface area contributed by atoms with E-state index in [1.807, 2.05) is 6.08 Å². The van der Waals surface area contributed by atoms with Crippen LogP contribution in [0.15, 0.2) is 97.2 Å². The number of allylic oxidation sites excluding steroid dienone is 15. The third kappa shape index (κ3) is 43.0. The fourth-order valence-electron chi connectivity index (χ4n) is 9.43. The molecule has 0 radical (unpaired) electrons. The molecule has 11 nitrogen and oxygen atoms in total. The Morgan fingerprint density at radius 1 is 0.519 bits per heavy atom. The normalized spacial score (nSPS) is 19.5. The molecule has 1 fully saturated rings. The van der Waals surface area contributed by atoms with Crippen LogP contribution in [0.1, 0.15) is 258 Å². The van der Waals surface area contributed by atoms with E-state index in [1.165, 1.54) is 83.5 Å². The standard InChI is InChI=1S/C68H117NO10/c1-4-7-10-13-16-19-22-24-26-27-28-29-30-31-32-33-34-36-37-40-43-46-49-52-55-61(72)67(76)69-59(60(71)54-51-48-45-42-39-21-18-15-12-9-6-3)58-77-68-66(65(75)64(74)62(57-70)78-68)79-63(73)56-53-50-47-44-41-38-35-25-23-20-17-14-11-8-5-2/h7,10,16-17,19-20,23-26,28-29,31-32,51,54,59-62,64-66,68,70-72,74-75H,4-6,8-9,11-15,18,21-22,27,30,33-50,52-53,55-58H2,1-3H3,(H,69,76)/b10-7-,19-16-,20-17+,25-23+,26-24-,29-28-,32-31-,54-51+. The van der Waals surface area contributed by atoms with E-state index in [0.29, 0.717) is 12.8 Å². The van der Waals surface area contributed by atoms with Gasteiger partial charge in [-0.2, -0.15) is 0 Å². The van der Waals surface area contributed by atoms with Crippen LogP contribution in [0, 0.1) is 0 Å². The maximum Gasteiger partial charge on any atom is 0.306 e. The van der Waals surface area contributed by atoms with Gasteiger partial charge in [-0.3, -0.25) is 9.59 Å². The Kier molecular flexibility index (Phi) is 51.4. The van der Waals surface area contributed by atoms with Gasteiger partial charge in [-0.1, -0.05) is 253 Å². The molecule has 0 bridgehead atoms. The first-order chi connectivity index (χ1) is 38.7. The molecule has 1 aliphatic rings. The number of rotatable bonds is 53. The van der Waals surface area contributed by atoms with Gasteiger partial charge in [-0.15, -0.1) is 0 Å². The molecule has 0 aromatic carbocycles. The molecular weight excluding hydrogens is 991 g/mol. The molecule has 79 heavy (non-hydrogen) atoms. The molecule has 1 amide bonds. The minimum absolute atomic E-state index is 0.106. The molecule has 1 rings (SSSR count). The van der Waals surface area contributed by atoms with E-state index in [2.05, 4.69) is 111 Å². The van der Waals surface area contributed by atoms with Crippen LogP contribution < -0.4 is 5.32 Å². The van der Waals surface area contributed by atoms with Crippen molar-refractivity contribution in [2.45, 2.75) is 307 Å². The zero-order valence-electron chi connectivity index (χ0n) is 50.2. The van der Waals surface area contributed by atoms with Crippen molar-refractivity contribution >= 4 is 11.9 Å². The third-order valence-corrected chi connectivity index (χ3v) is 14.5. The number of carbonyl (C=O) groups excluding carboxylic acids is 2. The maximum absolute atomic E-state index is 13.4. The van der Waals surface area contributed by atoms with Crippen molar-refractivity contribution in [1.82, 2.24) is 5.32 Å². The predicted molar refractivity (Wildman–Crippen MR) is 329 cm³/mol. The van der Waals surface area contributed by atoms with Crippen LogP contribution in [-0.2, 0) is 23.8 Å². The van der Waals surface area contributed by atoms with Crippen LogP contribution >= 0.6 is 0 Å². The smallest absolute Gasteiger partial charge is 0.306 e. The Balaban J connectivity index is 2.63. The number of hydrogen-bond acceptors (Lipinski definition) is 10. The summed E-state index contributed by atoms with van der Waals surface area (Å²) in [5.74, 6) is -1.22. The van der Waals surface area contributed by atoms with Crippen LogP contribution in [0.4, 0.5) is 0 Å². The number of aliphatic hydroxyl groups excluding tert-OH is 5. The summed E-state index contributed by atoms with van der Waals surface area (Å²) in [6, 6.07) is -1.04. The molecule has 6 N–H and O–H groups in total. The van der Waals surface area contributed by atoms with Crippen LogP contribution in [0.2, 0.25) is 0 Å². The monoisotopic (exact) mass is 1110 g/mol. The van der Waals surface area contributed by atoms with E-state index in [0.717, 1.165) is 128 Å². The second kappa shape index (κ2) is 55.1. The van der Waals surface area contributed by atoms with Gasteiger partial charge in [0.1, 0.15) is 24.4 Å². The quantitative estimate of drug-likeness (QED) is 0.0149. The van der Waals surface area contributed by atoms with Crippen molar-refractivity contribution in [2.24, 2.45) is 0 Å². The van der Waals surface area contributed by atoms with Gasteiger partial charge < -0.3 is 45.1 Å². The van der Waals surface area contributed by atoms with Crippen LogP contribution in [-0.4, -0.2) is 99.6 Å². The second-order valence-corrected chi connectivity index (χ2v) is 21.8. The summed E-state index contributed by atoms with van der Waals surface area (Å²) in [5.41, 5.74) is 0. The number of ether oxygens (including phenoxy) is 3. The van der Waals surface area contributed by atoms with Crippen molar-refractivity contribution < 1.29 is 49.3 Å². The summed E-state index contributed by atoms with van der Waals surface area (Å²) in [6.45, 7) is 5.62. The number of esters is 1. The number of nitrogens with one attached hydrogen (secondary N) is 1. The summed E-state index contributed by atoms with van der Waals surface area (Å²) in [7, 11) is 0. The molecule has 0 aromatic heterocycles. The first-order valence-corrected chi connectivity index (χ1v) is 32.0. The highest BCUT2D eigenvalue weighted by molar-refractivity contribution is 5.80. The van der Waals surface area contributed by atoms with Crippen molar-refractivity contribution in [2.75, 3.05) is 13.2 Å². The van der Waals surface area contributed by atoms with Crippen LogP contribution in [0.5, 0.6) is 0 Å². The summed E-state index contributed by atoms with van der Waals surface area (Å²) in [4.78, 5) is 26.5. The fraction of sp³-hybridized carbons (Fsp3) is 0.735. The van der Waals surface area contributed by atoms with Crippen LogP contribution in [0.25, 0.3) is 0 Å². The summed E-state index contributed by atoms with van der Waals surface area (Å²) in [5, 5.41) is 57.0. The highest BCUT2D eigenvalue weighted by atomic mass is 16.7. The van der Waals surface area contributed by atoms with Crippen molar-refractivity contribution in [3.63, 3.8) is 0 Å². The van der Waals surface area contributed by atoms with E-state index in [-0.39, 0.29) is 19.4 Å². The number of carbonyl (C=O) groups is 2. The molecule has 1 aliphatic heterocycles. The lowest BCUT2D eigenvalue weighted by Gasteiger charge is -2.41. The SMILES string of the molecule is CC/C=C\C/C=C\C/C=C\C/C=C\C/C=C\CCCCCCCCCCC(O)C(=O)NC(COC1OC(CO)C(O)C(O)C1OC(=O)CCCCCCCC/C=C/C=C/CCCCC)C(O)/C=C/CCCCCCCCCCC. The van der Waals surface area contributed by atoms with Crippen molar-refractivity contribution in [3.05, 3.63) is 97.2 Å². The molecule has 8 atom stereocenters. The molecule has 8 unspecified atom stereocenters. The van der Waals surface area contributed by atoms with Crippen LogP contribution in [0.3, 0.4) is 0 Å². The first kappa shape index (κ1) is 73.6. The van der Waals surface area contributed by atoms with Crippen molar-refractivity contribution in [3.8, 4) is 0 Å². The van der Waals surface area contributed by atoms with Crippen molar-refractivity contribution in [1.29, 1.82) is 0 Å². The van der Waals surface area contributed by atoms with Gasteiger partial charge in [0.2, 0.25) is 5.91 Å². The average Bonchev–Trinajstić information content (AvgIpc) is 3.44. The van der Waals surface area contributed by atoms with E-state index in [1.54, 1.807) is 6.08 Å². The molecule has 0 aromatic rings. The van der Waals surface area contributed by atoms with E-state index in [4.69, 9.17) is 14.2 Å². The Hall–Kier alpha value is -3.42. The maximum atomic E-state index is 13.4. The fourth-order valence-corrected chi connectivity index (χ4v) is 9.43. The Bertz CT molecular complexity index is 1650. The minimum Gasteiger partial charge on any atom is -0.454 e. The summed E-state index contributed by atoms with van der Waals surface area (Å²) in [6.07, 6.45) is 63.0. The zero-order chi connectivity index (χ0) is 57.5. The topological polar surface area (TPSA) is 175 Å². The Morgan fingerprint density at radius 3 is 1.47 bits per heavy atom. The number of hydrogen-bond donors (Lipinski definition) is 6. The van der Waals surface area contributed by atoms with Gasteiger partial charge in [0.05, 0.1) is 25.4 Å². The Labute approximate surface area is 482 Å². The highest BCUT2D eigenvalue weighted by Crippen LogP contribution is 2.26. The lowest BCUT2D eigenvalue weighted by Crippen LogP contribution is -2.61. The molecule has 0 saturated carbocycles. The molecule has 454 valence electrons. The molecule has 1 saturated heterocycles. The van der Waals surface area contributed by atoms with E-state index in [9.17, 15) is 35.1 Å². The van der Waals surface area contributed by atoms with E-state index >= 15 is 0 Å². The largest absolute Gasteiger partial charge is 0.454 e.